The first kappa shape index (κ1) is 21.5. The van der Waals surface area contributed by atoms with Gasteiger partial charge in [-0.1, -0.05) is 54.6 Å². The number of allylic oxidation sites excluding steroid dienone is 1. The van der Waals surface area contributed by atoms with Crippen molar-refractivity contribution in [3.63, 3.8) is 0 Å². The summed E-state index contributed by atoms with van der Waals surface area (Å²) in [4.78, 5) is 0.434. The minimum Gasteiger partial charge on any atom is -0.392 e. The number of hydrogen-bond donors (Lipinski definition) is 1. The molecule has 5 heteroatoms. The van der Waals surface area contributed by atoms with E-state index in [2.05, 4.69) is 6.58 Å². The Balaban J connectivity index is 2.01. The average Bonchev–Trinajstić information content (AvgIpc) is 2.86. The lowest BCUT2D eigenvalue weighted by Crippen LogP contribution is -2.27. The fourth-order valence-electron chi connectivity index (χ4n) is 3.71. The molecule has 2 aromatic rings. The predicted molar refractivity (Wildman–Crippen MR) is 115 cm³/mol. The summed E-state index contributed by atoms with van der Waals surface area (Å²) in [6, 6.07) is 18.1. The van der Waals surface area contributed by atoms with Crippen molar-refractivity contribution in [1.29, 1.82) is 0 Å². The van der Waals surface area contributed by atoms with E-state index in [4.69, 9.17) is 4.74 Å². The molecule has 1 N–H and O–H groups in total. The summed E-state index contributed by atoms with van der Waals surface area (Å²) < 4.78 is 33.1. The van der Waals surface area contributed by atoms with Gasteiger partial charge < -0.3 is 9.84 Å². The highest BCUT2D eigenvalue weighted by Crippen LogP contribution is 2.39. The third-order valence-electron chi connectivity index (χ3n) is 5.41. The SMILES string of the molecule is C=CC[C@H]1C(S(=O)(=O)c2ccccc2)=C[C@](C)(OCc2ccccc2)CC[C@H]1O. The van der Waals surface area contributed by atoms with Gasteiger partial charge in [-0.3, -0.25) is 0 Å². The molecule has 2 aromatic carbocycles. The van der Waals surface area contributed by atoms with Gasteiger partial charge in [0.25, 0.3) is 0 Å². The molecule has 0 heterocycles. The van der Waals surface area contributed by atoms with Crippen LogP contribution in [0.3, 0.4) is 0 Å². The Labute approximate surface area is 173 Å². The van der Waals surface area contributed by atoms with E-state index in [0.29, 0.717) is 25.9 Å². The molecule has 0 aliphatic heterocycles. The fraction of sp³-hybridized carbons (Fsp3) is 0.333. The van der Waals surface area contributed by atoms with Crippen molar-refractivity contribution in [3.8, 4) is 0 Å². The molecule has 0 spiro atoms. The minimum atomic E-state index is -3.77. The number of ether oxygens (including phenoxy) is 1. The van der Waals surface area contributed by atoms with Crippen LogP contribution in [0.1, 0.15) is 31.7 Å². The Hall–Kier alpha value is -2.21. The number of benzene rings is 2. The van der Waals surface area contributed by atoms with Gasteiger partial charge in [0.05, 0.1) is 28.1 Å². The topological polar surface area (TPSA) is 63.6 Å². The van der Waals surface area contributed by atoms with Crippen molar-refractivity contribution in [2.75, 3.05) is 0 Å². The highest BCUT2D eigenvalue weighted by Gasteiger charge is 2.39. The Bertz CT molecular complexity index is 951. The van der Waals surface area contributed by atoms with E-state index in [-0.39, 0.29) is 9.80 Å². The lowest BCUT2D eigenvalue weighted by atomic mass is 9.96. The molecule has 3 atom stereocenters. The van der Waals surface area contributed by atoms with Crippen molar-refractivity contribution in [3.05, 3.63) is 89.9 Å². The van der Waals surface area contributed by atoms with Crippen LogP contribution in [0, 0.1) is 5.92 Å². The van der Waals surface area contributed by atoms with Crippen molar-refractivity contribution in [2.24, 2.45) is 5.92 Å². The van der Waals surface area contributed by atoms with Crippen LogP contribution in [-0.4, -0.2) is 25.2 Å². The summed E-state index contributed by atoms with van der Waals surface area (Å²) >= 11 is 0. The highest BCUT2D eigenvalue weighted by atomic mass is 32.2. The number of rotatable bonds is 7. The highest BCUT2D eigenvalue weighted by molar-refractivity contribution is 7.95. The third kappa shape index (κ3) is 5.04. The zero-order valence-corrected chi connectivity index (χ0v) is 17.5. The van der Waals surface area contributed by atoms with Crippen LogP contribution >= 0.6 is 0 Å². The molecule has 0 saturated heterocycles. The lowest BCUT2D eigenvalue weighted by Gasteiger charge is -2.26. The van der Waals surface area contributed by atoms with E-state index in [9.17, 15) is 13.5 Å². The second-order valence-corrected chi connectivity index (χ2v) is 9.64. The molecule has 1 aliphatic carbocycles. The van der Waals surface area contributed by atoms with Crippen LogP contribution in [-0.2, 0) is 21.2 Å². The summed E-state index contributed by atoms with van der Waals surface area (Å²) in [5, 5.41) is 10.8. The van der Waals surface area contributed by atoms with E-state index < -0.39 is 27.5 Å². The van der Waals surface area contributed by atoms with E-state index >= 15 is 0 Å². The van der Waals surface area contributed by atoms with Gasteiger partial charge in [0.15, 0.2) is 0 Å². The molecule has 0 bridgehead atoms. The molecule has 3 rings (SSSR count). The molecule has 1 aliphatic rings. The van der Waals surface area contributed by atoms with Crippen LogP contribution in [0.25, 0.3) is 0 Å². The van der Waals surface area contributed by atoms with Gasteiger partial charge in [-0.15, -0.1) is 6.58 Å². The number of aliphatic hydroxyl groups excluding tert-OH is 1. The Morgan fingerprint density at radius 1 is 1.14 bits per heavy atom. The smallest absolute Gasteiger partial charge is 0.202 e. The van der Waals surface area contributed by atoms with E-state index in [1.54, 1.807) is 42.5 Å². The molecule has 0 unspecified atom stereocenters. The summed E-state index contributed by atoms with van der Waals surface area (Å²) in [6.07, 6.45) is 3.96. The largest absolute Gasteiger partial charge is 0.392 e. The molecule has 29 heavy (non-hydrogen) atoms. The number of hydrogen-bond acceptors (Lipinski definition) is 4. The Morgan fingerprint density at radius 2 is 1.76 bits per heavy atom. The molecule has 154 valence electrons. The second kappa shape index (κ2) is 9.08. The number of aliphatic hydroxyl groups is 1. The minimum absolute atomic E-state index is 0.212. The zero-order valence-electron chi connectivity index (χ0n) is 16.7. The van der Waals surface area contributed by atoms with Gasteiger partial charge in [-0.25, -0.2) is 8.42 Å². The number of sulfone groups is 1. The quantitative estimate of drug-likeness (QED) is 0.672. The molecule has 4 nitrogen and oxygen atoms in total. The normalized spacial score (nSPS) is 25.1. The molecule has 0 amide bonds. The van der Waals surface area contributed by atoms with Gasteiger partial charge in [-0.2, -0.15) is 0 Å². The van der Waals surface area contributed by atoms with Crippen LogP contribution in [0.5, 0.6) is 0 Å². The van der Waals surface area contributed by atoms with E-state index in [1.165, 1.54) is 0 Å². The van der Waals surface area contributed by atoms with E-state index in [0.717, 1.165) is 5.56 Å². The summed E-state index contributed by atoms with van der Waals surface area (Å²) in [5.74, 6) is -0.542. The van der Waals surface area contributed by atoms with Gasteiger partial charge >= 0.3 is 0 Å². The van der Waals surface area contributed by atoms with Crippen LogP contribution in [0.2, 0.25) is 0 Å². The Kier molecular flexibility index (Phi) is 6.73. The molecule has 0 saturated carbocycles. The van der Waals surface area contributed by atoms with Crippen LogP contribution in [0.4, 0.5) is 0 Å². The van der Waals surface area contributed by atoms with Gasteiger partial charge in [0, 0.05) is 5.92 Å². The maximum atomic E-state index is 13.5. The van der Waals surface area contributed by atoms with Crippen LogP contribution < -0.4 is 0 Å². The first-order valence-corrected chi connectivity index (χ1v) is 11.3. The van der Waals surface area contributed by atoms with Crippen LogP contribution in [0.15, 0.2) is 89.2 Å². The Morgan fingerprint density at radius 3 is 2.38 bits per heavy atom. The molecule has 0 radical (unpaired) electrons. The standard InChI is InChI=1S/C24H28O4S/c1-3-10-21-22(25)15-16-24(2,28-18-19-11-6-4-7-12-19)17-23(21)29(26,27)20-13-8-5-9-14-20/h3-9,11-14,17,21-22,25H,1,10,15-16,18H2,2H3/t21-,22-,24-/m1/s1. The maximum absolute atomic E-state index is 13.5. The van der Waals surface area contributed by atoms with Crippen molar-refractivity contribution < 1.29 is 18.3 Å². The molecule has 0 fully saturated rings. The fourth-order valence-corrected chi connectivity index (χ4v) is 5.55. The van der Waals surface area contributed by atoms with E-state index in [1.807, 2.05) is 37.3 Å². The third-order valence-corrected chi connectivity index (χ3v) is 7.34. The second-order valence-electron chi connectivity index (χ2n) is 7.69. The van der Waals surface area contributed by atoms with Crippen molar-refractivity contribution >= 4 is 9.84 Å². The average molecular weight is 413 g/mol. The van der Waals surface area contributed by atoms with Gasteiger partial charge in [0.1, 0.15) is 0 Å². The lowest BCUT2D eigenvalue weighted by molar-refractivity contribution is -0.0195. The maximum Gasteiger partial charge on any atom is 0.202 e. The zero-order chi connectivity index (χ0) is 20.9. The first-order valence-electron chi connectivity index (χ1n) is 9.85. The molecule has 0 aromatic heterocycles. The summed E-state index contributed by atoms with van der Waals surface area (Å²) in [7, 11) is -3.77. The molecular weight excluding hydrogens is 384 g/mol. The monoisotopic (exact) mass is 412 g/mol. The van der Waals surface area contributed by atoms with Crippen molar-refractivity contribution in [2.45, 2.75) is 49.4 Å². The summed E-state index contributed by atoms with van der Waals surface area (Å²) in [5.41, 5.74) is 0.214. The van der Waals surface area contributed by atoms with Gasteiger partial charge in [0.2, 0.25) is 9.84 Å². The van der Waals surface area contributed by atoms with Crippen molar-refractivity contribution in [1.82, 2.24) is 0 Å². The summed E-state index contributed by atoms with van der Waals surface area (Å²) in [6.45, 7) is 6.02. The van der Waals surface area contributed by atoms with Gasteiger partial charge in [-0.05, 0) is 50.0 Å². The predicted octanol–water partition coefficient (Wildman–Crippen LogP) is 4.67. The first-order chi connectivity index (χ1) is 13.9. The molecular formula is C24H28O4S.